The standard InChI is InChI=1S/C15H28N4/c1-5-8-16-10-15(4,13-6-7-13)9-14-17-11-18-19(14)12(2)3/h11-13,16H,5-10H2,1-4H3. The van der Waals surface area contributed by atoms with Gasteiger partial charge in [0.05, 0.1) is 0 Å². The molecule has 0 radical (unpaired) electrons. The van der Waals surface area contributed by atoms with E-state index in [1.165, 1.54) is 19.3 Å². The lowest BCUT2D eigenvalue weighted by Gasteiger charge is -2.30. The summed E-state index contributed by atoms with van der Waals surface area (Å²) < 4.78 is 2.07. The fourth-order valence-electron chi connectivity index (χ4n) is 2.88. The second-order valence-electron chi connectivity index (χ2n) is 6.50. The molecule has 1 aliphatic rings. The number of nitrogens with zero attached hydrogens (tertiary/aromatic N) is 3. The molecule has 1 aliphatic carbocycles. The van der Waals surface area contributed by atoms with Crippen LogP contribution in [0.4, 0.5) is 0 Å². The van der Waals surface area contributed by atoms with E-state index in [2.05, 4.69) is 47.8 Å². The van der Waals surface area contributed by atoms with E-state index in [-0.39, 0.29) is 0 Å². The monoisotopic (exact) mass is 264 g/mol. The van der Waals surface area contributed by atoms with Crippen LogP contribution in [0.5, 0.6) is 0 Å². The summed E-state index contributed by atoms with van der Waals surface area (Å²) in [6, 6.07) is 0.393. The lowest BCUT2D eigenvalue weighted by Crippen LogP contribution is -2.37. The summed E-state index contributed by atoms with van der Waals surface area (Å²) >= 11 is 0. The summed E-state index contributed by atoms with van der Waals surface area (Å²) in [5.41, 5.74) is 0.328. The molecular formula is C15H28N4. The number of aromatic nitrogens is 3. The minimum absolute atomic E-state index is 0.328. The largest absolute Gasteiger partial charge is 0.316 e. The van der Waals surface area contributed by atoms with E-state index in [0.29, 0.717) is 11.5 Å². The van der Waals surface area contributed by atoms with Gasteiger partial charge in [-0.1, -0.05) is 13.8 Å². The highest BCUT2D eigenvalue weighted by Crippen LogP contribution is 2.46. The Morgan fingerprint density at radius 2 is 2.21 bits per heavy atom. The smallest absolute Gasteiger partial charge is 0.138 e. The second kappa shape index (κ2) is 6.04. The Morgan fingerprint density at radius 1 is 1.47 bits per heavy atom. The molecule has 0 saturated heterocycles. The third-order valence-electron chi connectivity index (χ3n) is 4.22. The molecule has 0 aromatic carbocycles. The van der Waals surface area contributed by atoms with Crippen LogP contribution in [0.1, 0.15) is 58.8 Å². The van der Waals surface area contributed by atoms with Crippen LogP contribution in [0.3, 0.4) is 0 Å². The molecule has 1 aromatic rings. The molecule has 4 heteroatoms. The van der Waals surface area contributed by atoms with Crippen LogP contribution >= 0.6 is 0 Å². The van der Waals surface area contributed by atoms with Crippen molar-refractivity contribution in [1.29, 1.82) is 0 Å². The second-order valence-corrected chi connectivity index (χ2v) is 6.50. The maximum Gasteiger partial charge on any atom is 0.138 e. The lowest BCUT2D eigenvalue weighted by molar-refractivity contribution is 0.245. The van der Waals surface area contributed by atoms with Gasteiger partial charge in [-0.2, -0.15) is 5.10 Å². The first-order valence-corrected chi connectivity index (χ1v) is 7.66. The Kier molecular flexibility index (Phi) is 4.61. The molecule has 1 N–H and O–H groups in total. The summed E-state index contributed by atoms with van der Waals surface area (Å²) in [5, 5.41) is 7.96. The summed E-state index contributed by atoms with van der Waals surface area (Å²) in [4.78, 5) is 4.48. The fraction of sp³-hybridized carbons (Fsp3) is 0.867. The molecule has 2 rings (SSSR count). The van der Waals surface area contributed by atoms with Gasteiger partial charge < -0.3 is 5.32 Å². The van der Waals surface area contributed by atoms with Crippen LogP contribution in [0.2, 0.25) is 0 Å². The highest BCUT2D eigenvalue weighted by atomic mass is 15.3. The molecule has 0 spiro atoms. The Morgan fingerprint density at radius 3 is 2.79 bits per heavy atom. The van der Waals surface area contributed by atoms with Gasteiger partial charge in [-0.25, -0.2) is 9.67 Å². The molecule has 1 aromatic heterocycles. The summed E-state index contributed by atoms with van der Waals surface area (Å²) in [7, 11) is 0. The predicted molar refractivity (Wildman–Crippen MR) is 78.1 cm³/mol. The zero-order chi connectivity index (χ0) is 13.9. The Hall–Kier alpha value is -0.900. The van der Waals surface area contributed by atoms with Gasteiger partial charge in [0.2, 0.25) is 0 Å². The normalized spacial score (nSPS) is 18.8. The van der Waals surface area contributed by atoms with Crippen molar-refractivity contribution < 1.29 is 0 Å². The Bertz CT molecular complexity index is 395. The van der Waals surface area contributed by atoms with E-state index in [1.807, 2.05) is 0 Å². The van der Waals surface area contributed by atoms with Gasteiger partial charge in [-0.3, -0.25) is 0 Å². The Balaban J connectivity index is 2.05. The molecule has 0 aliphatic heterocycles. The molecule has 4 nitrogen and oxygen atoms in total. The summed E-state index contributed by atoms with van der Waals surface area (Å²) in [6.45, 7) is 11.2. The molecule has 1 fully saturated rings. The highest BCUT2D eigenvalue weighted by molar-refractivity contribution is 5.01. The maximum absolute atomic E-state index is 4.48. The van der Waals surface area contributed by atoms with Crippen molar-refractivity contribution in [2.24, 2.45) is 11.3 Å². The zero-order valence-electron chi connectivity index (χ0n) is 12.8. The van der Waals surface area contributed by atoms with Crippen LogP contribution < -0.4 is 5.32 Å². The van der Waals surface area contributed by atoms with Gasteiger partial charge in [0.15, 0.2) is 0 Å². The quantitative estimate of drug-likeness (QED) is 0.734. The van der Waals surface area contributed by atoms with Crippen molar-refractivity contribution in [2.45, 2.75) is 59.4 Å². The molecule has 1 unspecified atom stereocenters. The van der Waals surface area contributed by atoms with E-state index in [1.54, 1.807) is 6.33 Å². The first-order valence-electron chi connectivity index (χ1n) is 7.66. The average molecular weight is 264 g/mol. The van der Waals surface area contributed by atoms with Crippen LogP contribution in [-0.2, 0) is 6.42 Å². The lowest BCUT2D eigenvalue weighted by atomic mass is 9.81. The fourth-order valence-corrected chi connectivity index (χ4v) is 2.88. The number of nitrogens with one attached hydrogen (secondary N) is 1. The van der Waals surface area contributed by atoms with Crippen LogP contribution in [0.25, 0.3) is 0 Å². The first kappa shape index (κ1) is 14.5. The Labute approximate surface area is 117 Å². The van der Waals surface area contributed by atoms with Crippen molar-refractivity contribution in [3.8, 4) is 0 Å². The minimum atomic E-state index is 0.328. The summed E-state index contributed by atoms with van der Waals surface area (Å²) in [6.07, 6.45) is 6.68. The van der Waals surface area contributed by atoms with Crippen LogP contribution in [0.15, 0.2) is 6.33 Å². The van der Waals surface area contributed by atoms with Gasteiger partial charge in [-0.15, -0.1) is 0 Å². The van der Waals surface area contributed by atoms with E-state index in [4.69, 9.17) is 0 Å². The van der Waals surface area contributed by atoms with Crippen molar-refractivity contribution in [1.82, 2.24) is 20.1 Å². The molecule has 1 saturated carbocycles. The topological polar surface area (TPSA) is 42.7 Å². The minimum Gasteiger partial charge on any atom is -0.316 e. The first-order chi connectivity index (χ1) is 9.07. The SMILES string of the molecule is CCCNCC(C)(Cc1ncnn1C(C)C)C1CC1. The number of hydrogen-bond donors (Lipinski definition) is 1. The van der Waals surface area contributed by atoms with Crippen molar-refractivity contribution in [2.75, 3.05) is 13.1 Å². The molecular weight excluding hydrogens is 236 g/mol. The molecule has 19 heavy (non-hydrogen) atoms. The maximum atomic E-state index is 4.48. The summed E-state index contributed by atoms with van der Waals surface area (Å²) in [5.74, 6) is 2.00. The molecule has 1 atom stereocenters. The van der Waals surface area contributed by atoms with Gasteiger partial charge in [0, 0.05) is 19.0 Å². The van der Waals surface area contributed by atoms with Gasteiger partial charge in [0.25, 0.3) is 0 Å². The van der Waals surface area contributed by atoms with Crippen molar-refractivity contribution >= 4 is 0 Å². The van der Waals surface area contributed by atoms with Gasteiger partial charge in [-0.05, 0) is 51.0 Å². The average Bonchev–Trinajstić information content (AvgIpc) is 3.11. The third-order valence-corrected chi connectivity index (χ3v) is 4.22. The highest BCUT2D eigenvalue weighted by Gasteiger charge is 2.42. The molecule has 0 amide bonds. The van der Waals surface area contributed by atoms with E-state index in [9.17, 15) is 0 Å². The zero-order valence-corrected chi connectivity index (χ0v) is 12.8. The van der Waals surface area contributed by atoms with Crippen LogP contribution in [0, 0.1) is 11.3 Å². The van der Waals surface area contributed by atoms with E-state index >= 15 is 0 Å². The number of rotatable bonds is 8. The van der Waals surface area contributed by atoms with E-state index in [0.717, 1.165) is 31.3 Å². The van der Waals surface area contributed by atoms with E-state index < -0.39 is 0 Å². The van der Waals surface area contributed by atoms with Crippen LogP contribution in [-0.4, -0.2) is 27.9 Å². The predicted octanol–water partition coefficient (Wildman–Crippen LogP) is 2.82. The third kappa shape index (κ3) is 3.56. The molecule has 108 valence electrons. The molecule has 1 heterocycles. The van der Waals surface area contributed by atoms with Crippen molar-refractivity contribution in [3.05, 3.63) is 12.2 Å². The number of hydrogen-bond acceptors (Lipinski definition) is 3. The van der Waals surface area contributed by atoms with Crippen molar-refractivity contribution in [3.63, 3.8) is 0 Å². The van der Waals surface area contributed by atoms with Gasteiger partial charge in [0.1, 0.15) is 12.2 Å². The van der Waals surface area contributed by atoms with Gasteiger partial charge >= 0.3 is 0 Å². The molecule has 0 bridgehead atoms.